The van der Waals surface area contributed by atoms with Gasteiger partial charge in [0.05, 0.1) is 17.9 Å². The lowest BCUT2D eigenvalue weighted by molar-refractivity contribution is -0.140. The maximum atomic E-state index is 15.2. The first-order chi connectivity index (χ1) is 24.3. The van der Waals surface area contributed by atoms with Gasteiger partial charge in [0.25, 0.3) is 0 Å². The van der Waals surface area contributed by atoms with Gasteiger partial charge in [-0.05, 0) is 54.3 Å². The number of nitrogens with two attached hydrogens (primary N) is 1. The average molecular weight is 703 g/mol. The Morgan fingerprint density at radius 3 is 2.37 bits per heavy atom. The van der Waals surface area contributed by atoms with Crippen LogP contribution in [-0.4, -0.2) is 18.1 Å². The summed E-state index contributed by atoms with van der Waals surface area (Å²) in [7, 11) is 0. The Hall–Kier alpha value is -5.30. The van der Waals surface area contributed by atoms with Crippen LogP contribution in [0.15, 0.2) is 85.6 Å². The second-order valence-electron chi connectivity index (χ2n) is 12.3. The van der Waals surface area contributed by atoms with Crippen molar-refractivity contribution in [1.29, 1.82) is 0 Å². The van der Waals surface area contributed by atoms with Crippen LogP contribution < -0.4 is 21.1 Å². The standard InChI is InChI=1S/C37H36F5N3O.C4H7N/c1-6-10-23(4)44-33-14-13-26(15-21(33)2)24(5)43-19-29(25-11-8-7-9-12-25)34-17-27-22(3)20-46-36(27)35(45-34)28-16-30(37(40,41)42)32(39)18-31(28)38;1-2-3-4-5/h7-9,11-18,22,29,43-44H,4-6,10,19-20H2,1-3H3;2,5H2,1H3. The van der Waals surface area contributed by atoms with Crippen molar-refractivity contribution >= 4 is 11.4 Å². The first-order valence-corrected chi connectivity index (χ1v) is 16.7. The molecule has 2 unspecified atom stereocenters. The van der Waals surface area contributed by atoms with E-state index in [0.717, 1.165) is 47.3 Å². The molecule has 0 amide bonds. The summed E-state index contributed by atoms with van der Waals surface area (Å²) in [5, 5.41) is 6.77. The van der Waals surface area contributed by atoms with Crippen molar-refractivity contribution in [3.8, 4) is 29.0 Å². The number of hydrogen-bond donors (Lipinski definition) is 3. The third-order valence-electron chi connectivity index (χ3n) is 8.44. The van der Waals surface area contributed by atoms with Gasteiger partial charge in [0.1, 0.15) is 23.1 Å². The van der Waals surface area contributed by atoms with Crippen molar-refractivity contribution in [3.63, 3.8) is 0 Å². The fourth-order valence-electron chi connectivity index (χ4n) is 5.75. The van der Waals surface area contributed by atoms with Crippen LogP contribution in [0.4, 0.5) is 27.6 Å². The van der Waals surface area contributed by atoms with Gasteiger partial charge in [-0.2, -0.15) is 13.2 Å². The molecule has 3 aromatic carbocycles. The van der Waals surface area contributed by atoms with Gasteiger partial charge in [-0.3, -0.25) is 0 Å². The third kappa shape index (κ3) is 9.48. The van der Waals surface area contributed by atoms with Crippen molar-refractivity contribution in [1.82, 2.24) is 10.3 Å². The summed E-state index contributed by atoms with van der Waals surface area (Å²) in [6, 6.07) is 20.3. The summed E-state index contributed by atoms with van der Waals surface area (Å²) in [6.45, 7) is 16.9. The molecule has 0 saturated heterocycles. The van der Waals surface area contributed by atoms with Crippen molar-refractivity contribution in [2.75, 3.05) is 18.5 Å². The Balaban J connectivity index is 0.00000109. The molecule has 2 heterocycles. The highest BCUT2D eigenvalue weighted by molar-refractivity contribution is 5.72. The Kier molecular flexibility index (Phi) is 12.9. The number of nitrogens with one attached hydrogen (secondary N) is 2. The lowest BCUT2D eigenvalue weighted by Crippen LogP contribution is -2.22. The van der Waals surface area contributed by atoms with Crippen LogP contribution in [0.3, 0.4) is 0 Å². The average Bonchev–Trinajstić information content (AvgIpc) is 3.46. The molecule has 5 rings (SSSR count). The maximum Gasteiger partial charge on any atom is 0.419 e. The molecule has 0 radical (unpaired) electrons. The number of anilines is 1. The molecule has 2 atom stereocenters. The Bertz CT molecular complexity index is 1930. The molecule has 0 aliphatic carbocycles. The number of halogens is 5. The lowest BCUT2D eigenvalue weighted by Gasteiger charge is -2.22. The number of ether oxygens (including phenoxy) is 1. The van der Waals surface area contributed by atoms with Gasteiger partial charge in [-0.25, -0.2) is 13.8 Å². The lowest BCUT2D eigenvalue weighted by atomic mass is 9.91. The second kappa shape index (κ2) is 17.1. The third-order valence-corrected chi connectivity index (χ3v) is 8.44. The predicted molar refractivity (Wildman–Crippen MR) is 195 cm³/mol. The fraction of sp³-hybridized carbons (Fsp3) is 0.293. The highest BCUT2D eigenvalue weighted by Crippen LogP contribution is 2.45. The number of allylic oxidation sites excluding steroid dienone is 1. The number of aryl methyl sites for hydroxylation is 1. The van der Waals surface area contributed by atoms with E-state index in [1.54, 1.807) is 0 Å². The Morgan fingerprint density at radius 2 is 1.76 bits per heavy atom. The SMILES string of the molecule is C=C(CCC)Nc1ccc(C(=C)NCC(c2ccccc2)c2cc3c(c(-c4cc(C(F)(F)F)c(F)cc4F)n2)OCC3C)cc1C.CCC#CN. The fourth-order valence-corrected chi connectivity index (χ4v) is 5.75. The highest BCUT2D eigenvalue weighted by Gasteiger charge is 2.37. The van der Waals surface area contributed by atoms with Crippen molar-refractivity contribution in [2.45, 2.75) is 65.0 Å². The van der Waals surface area contributed by atoms with Gasteiger partial charge in [0.15, 0.2) is 0 Å². The van der Waals surface area contributed by atoms with Crippen LogP contribution in [0.5, 0.6) is 5.75 Å². The van der Waals surface area contributed by atoms with Gasteiger partial charge in [0, 0.05) is 65.1 Å². The Labute approximate surface area is 296 Å². The molecule has 0 spiro atoms. The van der Waals surface area contributed by atoms with E-state index < -0.39 is 34.9 Å². The normalized spacial score (nSPS) is 13.8. The minimum absolute atomic E-state index is 0.0945. The highest BCUT2D eigenvalue weighted by atomic mass is 19.4. The van der Waals surface area contributed by atoms with Gasteiger partial charge in [0.2, 0.25) is 0 Å². The number of fused-ring (bicyclic) bond motifs is 1. The molecule has 268 valence electrons. The van der Waals surface area contributed by atoms with Gasteiger partial charge >= 0.3 is 6.18 Å². The van der Waals surface area contributed by atoms with Crippen LogP contribution in [0.25, 0.3) is 17.0 Å². The zero-order valence-corrected chi connectivity index (χ0v) is 29.3. The minimum atomic E-state index is -5.02. The van der Waals surface area contributed by atoms with E-state index in [2.05, 4.69) is 42.7 Å². The quantitative estimate of drug-likeness (QED) is 0.0825. The summed E-state index contributed by atoms with van der Waals surface area (Å²) in [5.74, 6) is -0.533. The number of alkyl halides is 3. The number of hydrogen-bond acceptors (Lipinski definition) is 5. The van der Waals surface area contributed by atoms with Crippen molar-refractivity contribution in [2.24, 2.45) is 5.73 Å². The van der Waals surface area contributed by atoms with Gasteiger partial charge in [-0.15, -0.1) is 0 Å². The molecule has 1 aliphatic rings. The van der Waals surface area contributed by atoms with E-state index in [1.807, 2.05) is 75.4 Å². The smallest absolute Gasteiger partial charge is 0.419 e. The monoisotopic (exact) mass is 702 g/mol. The minimum Gasteiger partial charge on any atom is -0.490 e. The van der Waals surface area contributed by atoms with E-state index in [4.69, 9.17) is 15.5 Å². The van der Waals surface area contributed by atoms with Crippen LogP contribution in [0.2, 0.25) is 0 Å². The van der Waals surface area contributed by atoms with E-state index in [9.17, 15) is 17.6 Å². The molecule has 10 heteroatoms. The molecule has 1 aromatic heterocycles. The number of nitrogens with zero attached hydrogens (tertiary/aromatic N) is 1. The first-order valence-electron chi connectivity index (χ1n) is 16.7. The molecule has 5 nitrogen and oxygen atoms in total. The summed E-state index contributed by atoms with van der Waals surface area (Å²) in [4.78, 5) is 4.72. The van der Waals surface area contributed by atoms with Crippen LogP contribution in [0.1, 0.15) is 85.4 Å². The molecule has 0 bridgehead atoms. The summed E-state index contributed by atoms with van der Waals surface area (Å²) in [6.07, 6.45) is -2.30. The van der Waals surface area contributed by atoms with E-state index in [-0.39, 0.29) is 30.0 Å². The zero-order chi connectivity index (χ0) is 37.3. The maximum absolute atomic E-state index is 15.2. The van der Waals surface area contributed by atoms with E-state index in [1.165, 1.54) is 0 Å². The number of benzene rings is 3. The topological polar surface area (TPSA) is 72.2 Å². The molecular weight excluding hydrogens is 659 g/mol. The first kappa shape index (κ1) is 38.5. The van der Waals surface area contributed by atoms with Gasteiger partial charge < -0.3 is 21.1 Å². The molecule has 4 aromatic rings. The summed E-state index contributed by atoms with van der Waals surface area (Å²) >= 11 is 0. The predicted octanol–water partition coefficient (Wildman–Crippen LogP) is 10.3. The number of pyridine rings is 1. The molecular formula is C41H43F5N4O. The Morgan fingerprint density at radius 1 is 1.04 bits per heavy atom. The van der Waals surface area contributed by atoms with Crippen molar-refractivity contribution < 1.29 is 26.7 Å². The molecule has 0 fully saturated rings. The molecule has 4 N–H and O–H groups in total. The largest absolute Gasteiger partial charge is 0.490 e. The number of rotatable bonds is 11. The molecule has 1 aliphatic heterocycles. The molecule has 0 saturated carbocycles. The van der Waals surface area contributed by atoms with Gasteiger partial charge in [-0.1, -0.05) is 82.7 Å². The van der Waals surface area contributed by atoms with Crippen LogP contribution in [0, 0.1) is 30.5 Å². The van der Waals surface area contributed by atoms with E-state index >= 15 is 4.39 Å². The van der Waals surface area contributed by atoms with Crippen LogP contribution >= 0.6 is 0 Å². The molecule has 51 heavy (non-hydrogen) atoms. The van der Waals surface area contributed by atoms with Crippen LogP contribution in [-0.2, 0) is 6.18 Å². The summed E-state index contributed by atoms with van der Waals surface area (Å²) < 4.78 is 76.2. The number of aromatic nitrogens is 1. The van der Waals surface area contributed by atoms with E-state index in [0.29, 0.717) is 29.6 Å². The second-order valence-corrected chi connectivity index (χ2v) is 12.3. The summed E-state index contributed by atoms with van der Waals surface area (Å²) in [5.41, 5.74) is 9.19. The van der Waals surface area contributed by atoms with Crippen molar-refractivity contribution in [3.05, 3.63) is 131 Å². The zero-order valence-electron chi connectivity index (χ0n) is 29.3.